The highest BCUT2D eigenvalue weighted by molar-refractivity contribution is 5.90. The van der Waals surface area contributed by atoms with E-state index >= 15 is 0 Å². The van der Waals surface area contributed by atoms with Crippen LogP contribution in [0.15, 0.2) is 42.5 Å². The molecule has 0 saturated carbocycles. The third kappa shape index (κ3) is 3.44. The number of likely N-dealkylation sites (tertiary alicyclic amines) is 1. The van der Waals surface area contributed by atoms with Crippen LogP contribution >= 0.6 is 0 Å². The molecule has 0 aliphatic carbocycles. The van der Waals surface area contributed by atoms with Gasteiger partial charge in [-0.25, -0.2) is 0 Å². The first-order chi connectivity index (χ1) is 12.7. The zero-order chi connectivity index (χ0) is 17.9. The molecule has 1 N–H and O–H groups in total. The largest absolute Gasteiger partial charge is 0.341 e. The van der Waals surface area contributed by atoms with Gasteiger partial charge in [0, 0.05) is 32.7 Å². The number of nitrogens with zero attached hydrogens (tertiary/aromatic N) is 2. The third-order valence-electron chi connectivity index (χ3n) is 5.44. The molecule has 0 aromatic heterocycles. The number of piperazine rings is 1. The van der Waals surface area contributed by atoms with Gasteiger partial charge in [-0.3, -0.25) is 9.59 Å². The highest BCUT2D eigenvalue weighted by Gasteiger charge is 2.35. The number of carbonyl (C=O) groups excluding carboxylic acids is 2. The number of benzene rings is 2. The van der Waals surface area contributed by atoms with Crippen LogP contribution in [0.25, 0.3) is 10.8 Å². The zero-order valence-corrected chi connectivity index (χ0v) is 15.0. The minimum absolute atomic E-state index is 0.0410. The minimum Gasteiger partial charge on any atom is -0.341 e. The number of rotatable bonds is 3. The first kappa shape index (κ1) is 17.0. The maximum atomic E-state index is 13.0. The van der Waals surface area contributed by atoms with Gasteiger partial charge in [0.05, 0.1) is 6.42 Å². The lowest BCUT2D eigenvalue weighted by Crippen LogP contribution is -2.60. The quantitative estimate of drug-likeness (QED) is 0.918. The summed E-state index contributed by atoms with van der Waals surface area (Å²) < 4.78 is 0. The fraction of sp³-hybridized carbons (Fsp3) is 0.429. The van der Waals surface area contributed by atoms with Crippen LogP contribution in [0.2, 0.25) is 0 Å². The van der Waals surface area contributed by atoms with Gasteiger partial charge in [-0.2, -0.15) is 0 Å². The SMILES string of the molecule is O=C(C1CNCCN1C(=O)Cc1ccc2ccccc2c1)N1CCCC1. The van der Waals surface area contributed by atoms with E-state index in [1.807, 2.05) is 23.1 Å². The molecule has 4 rings (SSSR count). The number of nitrogens with one attached hydrogen (secondary N) is 1. The molecule has 5 nitrogen and oxygen atoms in total. The molecule has 0 spiro atoms. The number of hydrogen-bond acceptors (Lipinski definition) is 3. The highest BCUT2D eigenvalue weighted by atomic mass is 16.2. The van der Waals surface area contributed by atoms with Crippen molar-refractivity contribution in [2.24, 2.45) is 0 Å². The average molecular weight is 351 g/mol. The van der Waals surface area contributed by atoms with Crippen molar-refractivity contribution in [3.8, 4) is 0 Å². The van der Waals surface area contributed by atoms with Crippen LogP contribution in [0.4, 0.5) is 0 Å². The summed E-state index contributed by atoms with van der Waals surface area (Å²) in [6.07, 6.45) is 2.47. The Labute approximate surface area is 154 Å². The Balaban J connectivity index is 1.49. The molecule has 0 radical (unpaired) electrons. The molecule has 2 amide bonds. The number of hydrogen-bond donors (Lipinski definition) is 1. The van der Waals surface area contributed by atoms with E-state index in [9.17, 15) is 9.59 Å². The molecule has 5 heteroatoms. The normalized spacial score (nSPS) is 20.5. The van der Waals surface area contributed by atoms with Gasteiger partial charge in [0.15, 0.2) is 0 Å². The van der Waals surface area contributed by atoms with Crippen molar-refractivity contribution in [1.29, 1.82) is 0 Å². The summed E-state index contributed by atoms with van der Waals surface area (Å²) in [7, 11) is 0. The second-order valence-corrected chi connectivity index (χ2v) is 7.20. The maximum absolute atomic E-state index is 13.0. The van der Waals surface area contributed by atoms with Crippen LogP contribution in [-0.4, -0.2) is 60.4 Å². The van der Waals surface area contributed by atoms with Crippen molar-refractivity contribution in [2.45, 2.75) is 25.3 Å². The Kier molecular flexibility index (Phi) is 4.89. The molecule has 2 saturated heterocycles. The predicted molar refractivity (Wildman–Crippen MR) is 102 cm³/mol. The summed E-state index contributed by atoms with van der Waals surface area (Å²) in [6, 6.07) is 13.9. The minimum atomic E-state index is -0.366. The summed E-state index contributed by atoms with van der Waals surface area (Å²) in [6.45, 7) is 3.53. The fourth-order valence-electron chi connectivity index (χ4n) is 4.00. The number of fused-ring (bicyclic) bond motifs is 1. The van der Waals surface area contributed by atoms with Gasteiger partial charge >= 0.3 is 0 Å². The predicted octanol–water partition coefficient (Wildman–Crippen LogP) is 1.81. The molecule has 2 aromatic carbocycles. The van der Waals surface area contributed by atoms with E-state index in [4.69, 9.17) is 0 Å². The van der Waals surface area contributed by atoms with E-state index in [1.165, 1.54) is 5.39 Å². The average Bonchev–Trinajstić information content (AvgIpc) is 3.22. The summed E-state index contributed by atoms with van der Waals surface area (Å²) in [5.74, 6) is 0.140. The Morgan fingerprint density at radius 2 is 1.77 bits per heavy atom. The smallest absolute Gasteiger partial charge is 0.246 e. The number of carbonyl (C=O) groups is 2. The molecule has 26 heavy (non-hydrogen) atoms. The first-order valence-electron chi connectivity index (χ1n) is 9.49. The first-order valence-corrected chi connectivity index (χ1v) is 9.49. The standard InChI is InChI=1S/C21H25N3O2/c25-20(14-16-7-8-17-5-1-2-6-18(17)13-16)24-12-9-22-15-19(24)21(26)23-10-3-4-11-23/h1-2,5-8,13,19,22H,3-4,9-12,14-15H2. The van der Waals surface area contributed by atoms with E-state index in [2.05, 4.69) is 29.6 Å². The van der Waals surface area contributed by atoms with E-state index in [0.717, 1.165) is 43.4 Å². The summed E-state index contributed by atoms with van der Waals surface area (Å²) in [4.78, 5) is 29.5. The lowest BCUT2D eigenvalue weighted by molar-refractivity contribution is -0.145. The van der Waals surface area contributed by atoms with Crippen molar-refractivity contribution in [2.75, 3.05) is 32.7 Å². The maximum Gasteiger partial charge on any atom is 0.246 e. The van der Waals surface area contributed by atoms with Crippen molar-refractivity contribution < 1.29 is 9.59 Å². The Morgan fingerprint density at radius 3 is 2.58 bits per heavy atom. The van der Waals surface area contributed by atoms with E-state index < -0.39 is 0 Å². The molecular formula is C21H25N3O2. The lowest BCUT2D eigenvalue weighted by Gasteiger charge is -2.37. The van der Waals surface area contributed by atoms with Crippen LogP contribution in [0.3, 0.4) is 0 Å². The molecule has 0 bridgehead atoms. The van der Waals surface area contributed by atoms with Crippen molar-refractivity contribution in [3.63, 3.8) is 0 Å². The zero-order valence-electron chi connectivity index (χ0n) is 15.0. The highest BCUT2D eigenvalue weighted by Crippen LogP contribution is 2.18. The second-order valence-electron chi connectivity index (χ2n) is 7.20. The molecular weight excluding hydrogens is 326 g/mol. The van der Waals surface area contributed by atoms with Gasteiger partial charge in [-0.15, -0.1) is 0 Å². The van der Waals surface area contributed by atoms with Crippen LogP contribution in [-0.2, 0) is 16.0 Å². The van der Waals surface area contributed by atoms with Gasteiger partial charge in [-0.1, -0.05) is 42.5 Å². The van der Waals surface area contributed by atoms with Crippen LogP contribution < -0.4 is 5.32 Å². The van der Waals surface area contributed by atoms with Crippen molar-refractivity contribution >= 4 is 22.6 Å². The Bertz CT molecular complexity index is 814. The monoisotopic (exact) mass is 351 g/mol. The summed E-state index contributed by atoms with van der Waals surface area (Å²) in [5, 5.41) is 5.59. The fourth-order valence-corrected chi connectivity index (χ4v) is 4.00. The molecule has 2 heterocycles. The lowest BCUT2D eigenvalue weighted by atomic mass is 10.0. The van der Waals surface area contributed by atoms with Gasteiger partial charge in [0.1, 0.15) is 6.04 Å². The molecule has 2 aliphatic rings. The molecule has 136 valence electrons. The second kappa shape index (κ2) is 7.46. The van der Waals surface area contributed by atoms with Crippen LogP contribution in [0.5, 0.6) is 0 Å². The molecule has 2 aromatic rings. The van der Waals surface area contributed by atoms with E-state index in [-0.39, 0.29) is 17.9 Å². The Morgan fingerprint density at radius 1 is 1.00 bits per heavy atom. The summed E-state index contributed by atoms with van der Waals surface area (Å²) in [5.41, 5.74) is 1.000. The Hall–Kier alpha value is -2.40. The molecule has 2 aliphatic heterocycles. The molecule has 2 fully saturated rings. The van der Waals surface area contributed by atoms with Gasteiger partial charge in [-0.05, 0) is 29.2 Å². The topological polar surface area (TPSA) is 52.7 Å². The van der Waals surface area contributed by atoms with E-state index in [0.29, 0.717) is 19.5 Å². The van der Waals surface area contributed by atoms with Crippen LogP contribution in [0.1, 0.15) is 18.4 Å². The van der Waals surface area contributed by atoms with Gasteiger partial charge in [0.25, 0.3) is 0 Å². The van der Waals surface area contributed by atoms with Crippen molar-refractivity contribution in [3.05, 3.63) is 48.0 Å². The van der Waals surface area contributed by atoms with E-state index in [1.54, 1.807) is 4.90 Å². The summed E-state index contributed by atoms with van der Waals surface area (Å²) >= 11 is 0. The third-order valence-corrected chi connectivity index (χ3v) is 5.44. The number of amides is 2. The van der Waals surface area contributed by atoms with Crippen LogP contribution in [0, 0.1) is 0 Å². The van der Waals surface area contributed by atoms with Crippen molar-refractivity contribution in [1.82, 2.24) is 15.1 Å². The van der Waals surface area contributed by atoms with Gasteiger partial charge < -0.3 is 15.1 Å². The molecule has 1 atom stereocenters. The molecule has 1 unspecified atom stereocenters. The van der Waals surface area contributed by atoms with Gasteiger partial charge in [0.2, 0.25) is 11.8 Å².